The monoisotopic (exact) mass is 592 g/mol. The zero-order valence-electron chi connectivity index (χ0n) is 22.2. The second-order valence-electron chi connectivity index (χ2n) is 9.12. The first-order valence-corrected chi connectivity index (χ1v) is 13.2. The molecule has 3 aromatic carbocycles. The lowest BCUT2D eigenvalue weighted by Gasteiger charge is -2.26. The van der Waals surface area contributed by atoms with Gasteiger partial charge in [-0.05, 0) is 89.8 Å². The van der Waals surface area contributed by atoms with Gasteiger partial charge in [-0.2, -0.15) is 0 Å². The number of urea groups is 1. The molecule has 202 valence electrons. The number of anilines is 1. The van der Waals surface area contributed by atoms with Crippen LogP contribution in [0.25, 0.3) is 6.08 Å². The van der Waals surface area contributed by atoms with Crippen molar-refractivity contribution in [2.24, 2.45) is 0 Å². The summed E-state index contributed by atoms with van der Waals surface area (Å²) in [5.41, 5.74) is 3.93. The molecule has 1 aliphatic rings. The van der Waals surface area contributed by atoms with Crippen LogP contribution in [-0.2, 0) is 16.2 Å². The second-order valence-corrected chi connectivity index (χ2v) is 9.97. The van der Waals surface area contributed by atoms with E-state index in [0.29, 0.717) is 46.2 Å². The summed E-state index contributed by atoms with van der Waals surface area (Å²) in [6, 6.07) is 15.3. The van der Waals surface area contributed by atoms with Crippen molar-refractivity contribution in [3.63, 3.8) is 0 Å². The molecule has 1 heterocycles. The average molecular weight is 593 g/mol. The quantitative estimate of drug-likeness (QED) is 0.238. The summed E-state index contributed by atoms with van der Waals surface area (Å²) in [6.07, 6.45) is 2.27. The molecule has 0 aliphatic carbocycles. The third-order valence-corrected chi connectivity index (χ3v) is 6.49. The third kappa shape index (κ3) is 6.49. The molecule has 0 saturated carbocycles. The summed E-state index contributed by atoms with van der Waals surface area (Å²) in [5.74, 6) is -0.0000256. The first-order chi connectivity index (χ1) is 18.7. The van der Waals surface area contributed by atoms with Gasteiger partial charge in [0.2, 0.25) is 0 Å². The molecule has 0 radical (unpaired) electrons. The first kappa shape index (κ1) is 27.9. The molecule has 0 unspecified atom stereocenters. The molecule has 9 heteroatoms. The fourth-order valence-corrected chi connectivity index (χ4v) is 4.82. The van der Waals surface area contributed by atoms with Crippen LogP contribution in [0.4, 0.5) is 10.5 Å². The molecular weight excluding hydrogens is 564 g/mol. The summed E-state index contributed by atoms with van der Waals surface area (Å²) < 4.78 is 17.8. The summed E-state index contributed by atoms with van der Waals surface area (Å²) in [4.78, 5) is 39.5. The topological polar surface area (TPSA) is 94.2 Å². The Kier molecular flexibility index (Phi) is 8.71. The SMILES string of the molecule is CCCOc1ccc(N2C(=O)NC(=O)/C(=C/c3cc(Br)c(OCc4cc(C)cc(C)c4)c(OC)c3)C2=O)cc1. The van der Waals surface area contributed by atoms with Gasteiger partial charge in [0.1, 0.15) is 17.9 Å². The normalized spacial score (nSPS) is 14.4. The van der Waals surface area contributed by atoms with Gasteiger partial charge in [0.05, 0.1) is 23.9 Å². The van der Waals surface area contributed by atoms with Crippen LogP contribution in [0.3, 0.4) is 0 Å². The van der Waals surface area contributed by atoms with Crippen molar-refractivity contribution in [2.45, 2.75) is 33.8 Å². The minimum absolute atomic E-state index is 0.196. The Bertz CT molecular complexity index is 1430. The molecule has 3 aromatic rings. The second kappa shape index (κ2) is 12.2. The van der Waals surface area contributed by atoms with E-state index in [0.717, 1.165) is 28.0 Å². The van der Waals surface area contributed by atoms with Crippen molar-refractivity contribution in [3.8, 4) is 17.2 Å². The Morgan fingerprint density at radius 2 is 1.64 bits per heavy atom. The molecule has 4 amide bonds. The molecule has 0 atom stereocenters. The number of carbonyl (C=O) groups excluding carboxylic acids is 3. The number of barbiturate groups is 1. The highest BCUT2D eigenvalue weighted by Gasteiger charge is 2.37. The molecule has 8 nitrogen and oxygen atoms in total. The van der Waals surface area contributed by atoms with Gasteiger partial charge in [0, 0.05) is 0 Å². The number of rotatable bonds is 9. The number of hydrogen-bond donors (Lipinski definition) is 1. The molecule has 1 aliphatic heterocycles. The fraction of sp³-hybridized carbons (Fsp3) is 0.233. The summed E-state index contributed by atoms with van der Waals surface area (Å²) >= 11 is 3.52. The van der Waals surface area contributed by atoms with Gasteiger partial charge >= 0.3 is 6.03 Å². The zero-order chi connectivity index (χ0) is 28.1. The minimum Gasteiger partial charge on any atom is -0.494 e. The maximum absolute atomic E-state index is 13.3. The molecule has 0 spiro atoms. The van der Waals surface area contributed by atoms with E-state index in [1.54, 1.807) is 36.4 Å². The molecule has 0 bridgehead atoms. The van der Waals surface area contributed by atoms with E-state index in [2.05, 4.69) is 39.4 Å². The lowest BCUT2D eigenvalue weighted by molar-refractivity contribution is -0.122. The highest BCUT2D eigenvalue weighted by Crippen LogP contribution is 2.38. The molecule has 1 fully saturated rings. The highest BCUT2D eigenvalue weighted by atomic mass is 79.9. The van der Waals surface area contributed by atoms with Crippen LogP contribution in [0.15, 0.2) is 64.6 Å². The van der Waals surface area contributed by atoms with Crippen LogP contribution in [0.5, 0.6) is 17.2 Å². The number of imide groups is 2. The van der Waals surface area contributed by atoms with Crippen LogP contribution in [0.2, 0.25) is 0 Å². The molecular formula is C30H29BrN2O6. The van der Waals surface area contributed by atoms with Gasteiger partial charge in [-0.1, -0.05) is 36.2 Å². The van der Waals surface area contributed by atoms with Gasteiger partial charge in [-0.3, -0.25) is 14.9 Å². The van der Waals surface area contributed by atoms with E-state index in [9.17, 15) is 14.4 Å². The number of hydrogen-bond acceptors (Lipinski definition) is 6. The fourth-order valence-electron chi connectivity index (χ4n) is 4.24. The van der Waals surface area contributed by atoms with Crippen molar-refractivity contribution in [1.82, 2.24) is 5.32 Å². The predicted octanol–water partition coefficient (Wildman–Crippen LogP) is 6.11. The van der Waals surface area contributed by atoms with E-state index < -0.39 is 17.8 Å². The summed E-state index contributed by atoms with van der Waals surface area (Å²) in [6.45, 7) is 6.95. The molecule has 4 rings (SSSR count). The van der Waals surface area contributed by atoms with Gasteiger partial charge in [0.25, 0.3) is 11.8 Å². The number of amides is 4. The van der Waals surface area contributed by atoms with Crippen molar-refractivity contribution >= 4 is 45.5 Å². The Labute approximate surface area is 235 Å². The minimum atomic E-state index is -0.821. The van der Waals surface area contributed by atoms with Crippen molar-refractivity contribution in [3.05, 3.63) is 86.9 Å². The van der Waals surface area contributed by atoms with E-state index in [-0.39, 0.29) is 5.57 Å². The average Bonchev–Trinajstić information content (AvgIpc) is 2.89. The number of nitrogens with one attached hydrogen (secondary N) is 1. The first-order valence-electron chi connectivity index (χ1n) is 12.4. The standard InChI is InChI=1S/C30H29BrN2O6/c1-5-10-38-23-8-6-22(7-9-23)33-29(35)24(28(34)32-30(33)36)14-20-15-25(31)27(26(16-20)37-4)39-17-21-12-18(2)11-19(3)13-21/h6-9,11-16H,5,10,17H2,1-4H3,(H,32,34,36)/b24-14-. The highest BCUT2D eigenvalue weighted by molar-refractivity contribution is 9.10. The van der Waals surface area contributed by atoms with Gasteiger partial charge in [0.15, 0.2) is 11.5 Å². The van der Waals surface area contributed by atoms with Crippen molar-refractivity contribution in [1.29, 1.82) is 0 Å². The van der Waals surface area contributed by atoms with E-state index >= 15 is 0 Å². The van der Waals surface area contributed by atoms with Gasteiger partial charge in [-0.25, -0.2) is 9.69 Å². The van der Waals surface area contributed by atoms with Crippen molar-refractivity contribution in [2.75, 3.05) is 18.6 Å². The van der Waals surface area contributed by atoms with Crippen LogP contribution in [0, 0.1) is 13.8 Å². The van der Waals surface area contributed by atoms with Crippen molar-refractivity contribution < 1.29 is 28.6 Å². The van der Waals surface area contributed by atoms with Crippen LogP contribution in [-0.4, -0.2) is 31.6 Å². The Balaban J connectivity index is 1.60. The molecule has 0 aromatic heterocycles. The number of aryl methyl sites for hydroxylation is 2. The Morgan fingerprint density at radius 3 is 2.28 bits per heavy atom. The van der Waals surface area contributed by atoms with E-state index in [1.807, 2.05) is 20.8 Å². The lowest BCUT2D eigenvalue weighted by Crippen LogP contribution is -2.54. The smallest absolute Gasteiger partial charge is 0.335 e. The van der Waals surface area contributed by atoms with Gasteiger partial charge < -0.3 is 14.2 Å². The summed E-state index contributed by atoms with van der Waals surface area (Å²) in [7, 11) is 1.51. The van der Waals surface area contributed by atoms with E-state index in [4.69, 9.17) is 14.2 Å². The number of ether oxygens (including phenoxy) is 3. The number of halogens is 1. The van der Waals surface area contributed by atoms with Crippen LogP contribution >= 0.6 is 15.9 Å². The summed E-state index contributed by atoms with van der Waals surface area (Å²) in [5, 5.41) is 2.24. The number of methoxy groups -OCH3 is 1. The maximum atomic E-state index is 13.3. The Morgan fingerprint density at radius 1 is 0.949 bits per heavy atom. The lowest BCUT2D eigenvalue weighted by atomic mass is 10.1. The van der Waals surface area contributed by atoms with Crippen LogP contribution in [0.1, 0.15) is 35.6 Å². The Hall–Kier alpha value is -4.11. The largest absolute Gasteiger partial charge is 0.494 e. The molecule has 1 N–H and O–H groups in total. The van der Waals surface area contributed by atoms with Gasteiger partial charge in [-0.15, -0.1) is 0 Å². The predicted molar refractivity (Wildman–Crippen MR) is 152 cm³/mol. The van der Waals surface area contributed by atoms with E-state index in [1.165, 1.54) is 13.2 Å². The van der Waals surface area contributed by atoms with Crippen LogP contribution < -0.4 is 24.4 Å². The number of nitrogens with zero attached hydrogens (tertiary/aromatic N) is 1. The third-order valence-electron chi connectivity index (χ3n) is 5.90. The number of carbonyl (C=O) groups is 3. The zero-order valence-corrected chi connectivity index (χ0v) is 23.8. The number of benzene rings is 3. The maximum Gasteiger partial charge on any atom is 0.335 e. The molecule has 1 saturated heterocycles. The molecule has 39 heavy (non-hydrogen) atoms.